The minimum Gasteiger partial charge on any atom is -0.355 e. The molecule has 1 N–H and O–H groups in total. The van der Waals surface area contributed by atoms with Crippen LogP contribution in [0.3, 0.4) is 0 Å². The van der Waals surface area contributed by atoms with Gasteiger partial charge in [0.2, 0.25) is 5.91 Å². The van der Waals surface area contributed by atoms with Crippen molar-refractivity contribution in [3.63, 3.8) is 0 Å². The average molecular weight is 359 g/mol. The van der Waals surface area contributed by atoms with Crippen LogP contribution in [0.2, 0.25) is 5.02 Å². The third kappa shape index (κ3) is 4.92. The van der Waals surface area contributed by atoms with E-state index < -0.39 is 0 Å². The fourth-order valence-electron chi connectivity index (χ4n) is 3.28. The van der Waals surface area contributed by atoms with Crippen LogP contribution in [0.5, 0.6) is 0 Å². The summed E-state index contributed by atoms with van der Waals surface area (Å²) in [6, 6.07) is 7.84. The summed E-state index contributed by atoms with van der Waals surface area (Å²) in [5, 5.41) is 3.87. The molecule has 1 aromatic carbocycles. The first-order chi connectivity index (χ1) is 12.1. The van der Waals surface area contributed by atoms with E-state index in [-0.39, 0.29) is 17.9 Å². The molecule has 6 heteroatoms. The molecular weight excluding hydrogens is 336 g/mol. The second kappa shape index (κ2) is 8.30. The zero-order valence-corrected chi connectivity index (χ0v) is 15.1. The number of amides is 1. The van der Waals surface area contributed by atoms with E-state index in [1.165, 1.54) is 0 Å². The van der Waals surface area contributed by atoms with E-state index in [2.05, 4.69) is 20.2 Å². The molecular formula is C19H23ClN4O. The third-order valence-corrected chi connectivity index (χ3v) is 4.72. The number of rotatable bonds is 5. The molecule has 0 unspecified atom stereocenters. The molecule has 2 aromatic rings. The molecule has 0 spiro atoms. The lowest BCUT2D eigenvalue weighted by molar-refractivity contribution is -0.125. The van der Waals surface area contributed by atoms with Gasteiger partial charge in [-0.15, -0.1) is 0 Å². The Morgan fingerprint density at radius 3 is 3.08 bits per heavy atom. The largest absolute Gasteiger partial charge is 0.355 e. The zero-order chi connectivity index (χ0) is 17.6. The number of nitrogens with one attached hydrogen (secondary N) is 1. The number of carbonyl (C=O) groups excluding carboxylic acids is 1. The molecule has 1 saturated heterocycles. The SMILES string of the molecule is C[C@H](Cc1cccc(Cl)c1)NC(=O)[C@H]1CCCN(c2cnccn2)C1. The maximum absolute atomic E-state index is 12.6. The number of carbonyl (C=O) groups is 1. The topological polar surface area (TPSA) is 58.1 Å². The van der Waals surface area contributed by atoms with Crippen LogP contribution in [-0.2, 0) is 11.2 Å². The highest BCUT2D eigenvalue weighted by Gasteiger charge is 2.27. The summed E-state index contributed by atoms with van der Waals surface area (Å²) in [4.78, 5) is 23.2. The average Bonchev–Trinajstić information content (AvgIpc) is 2.62. The molecule has 1 fully saturated rings. The molecule has 1 aliphatic rings. The van der Waals surface area contributed by atoms with Gasteiger partial charge in [0.05, 0.1) is 12.1 Å². The van der Waals surface area contributed by atoms with Crippen molar-refractivity contribution in [1.82, 2.24) is 15.3 Å². The Morgan fingerprint density at radius 1 is 1.44 bits per heavy atom. The summed E-state index contributed by atoms with van der Waals surface area (Å²) in [7, 11) is 0. The summed E-state index contributed by atoms with van der Waals surface area (Å²) in [6.07, 6.45) is 7.76. The number of hydrogen-bond donors (Lipinski definition) is 1. The second-order valence-corrected chi connectivity index (χ2v) is 7.03. The molecule has 3 rings (SSSR count). The minimum atomic E-state index is -0.0161. The van der Waals surface area contributed by atoms with E-state index in [9.17, 15) is 4.79 Å². The normalized spacial score (nSPS) is 18.6. The molecule has 2 atom stereocenters. The number of piperidine rings is 1. The molecule has 132 valence electrons. The maximum atomic E-state index is 12.6. The van der Waals surface area contributed by atoms with Crippen molar-refractivity contribution in [3.05, 3.63) is 53.4 Å². The summed E-state index contributed by atoms with van der Waals surface area (Å²) < 4.78 is 0. The van der Waals surface area contributed by atoms with Gasteiger partial charge >= 0.3 is 0 Å². The van der Waals surface area contributed by atoms with Gasteiger partial charge < -0.3 is 10.2 Å². The Labute approximate surface area is 153 Å². The van der Waals surface area contributed by atoms with Crippen molar-refractivity contribution < 1.29 is 4.79 Å². The van der Waals surface area contributed by atoms with Gasteiger partial charge in [0.15, 0.2) is 0 Å². The van der Waals surface area contributed by atoms with Gasteiger partial charge in [0.1, 0.15) is 5.82 Å². The van der Waals surface area contributed by atoms with Crippen molar-refractivity contribution in [1.29, 1.82) is 0 Å². The van der Waals surface area contributed by atoms with Crippen molar-refractivity contribution in [2.75, 3.05) is 18.0 Å². The van der Waals surface area contributed by atoms with E-state index in [4.69, 9.17) is 11.6 Å². The zero-order valence-electron chi connectivity index (χ0n) is 14.4. The molecule has 1 aromatic heterocycles. The first-order valence-corrected chi connectivity index (χ1v) is 9.05. The Bertz CT molecular complexity index is 710. The fraction of sp³-hybridized carbons (Fsp3) is 0.421. The predicted molar refractivity (Wildman–Crippen MR) is 99.7 cm³/mol. The highest BCUT2D eigenvalue weighted by molar-refractivity contribution is 6.30. The molecule has 1 aliphatic heterocycles. The van der Waals surface area contributed by atoms with E-state index in [1.54, 1.807) is 18.6 Å². The Balaban J connectivity index is 1.55. The number of nitrogens with zero attached hydrogens (tertiary/aromatic N) is 3. The Hall–Kier alpha value is -2.14. The van der Waals surface area contributed by atoms with Gasteiger partial charge in [-0.25, -0.2) is 4.98 Å². The van der Waals surface area contributed by atoms with Crippen LogP contribution in [0.15, 0.2) is 42.9 Å². The monoisotopic (exact) mass is 358 g/mol. The third-order valence-electron chi connectivity index (χ3n) is 4.49. The number of anilines is 1. The molecule has 25 heavy (non-hydrogen) atoms. The van der Waals surface area contributed by atoms with Crippen LogP contribution in [-0.4, -0.2) is 35.0 Å². The first-order valence-electron chi connectivity index (χ1n) is 8.67. The van der Waals surface area contributed by atoms with Gasteiger partial charge in [0, 0.05) is 36.5 Å². The van der Waals surface area contributed by atoms with Crippen LogP contribution in [0, 0.1) is 5.92 Å². The van der Waals surface area contributed by atoms with E-state index in [0.717, 1.165) is 42.2 Å². The summed E-state index contributed by atoms with van der Waals surface area (Å²) in [5.74, 6) is 0.938. The quantitative estimate of drug-likeness (QED) is 0.892. The molecule has 2 heterocycles. The summed E-state index contributed by atoms with van der Waals surface area (Å²) in [6.45, 7) is 3.64. The van der Waals surface area contributed by atoms with Gasteiger partial charge in [-0.1, -0.05) is 23.7 Å². The van der Waals surface area contributed by atoms with Gasteiger partial charge in [-0.3, -0.25) is 9.78 Å². The number of aromatic nitrogens is 2. The molecule has 1 amide bonds. The van der Waals surface area contributed by atoms with Crippen LogP contribution in [0.25, 0.3) is 0 Å². The van der Waals surface area contributed by atoms with Gasteiger partial charge in [0.25, 0.3) is 0 Å². The van der Waals surface area contributed by atoms with Gasteiger partial charge in [-0.05, 0) is 43.9 Å². The Morgan fingerprint density at radius 2 is 2.32 bits per heavy atom. The first kappa shape index (κ1) is 17.7. The van der Waals surface area contributed by atoms with Gasteiger partial charge in [-0.2, -0.15) is 0 Å². The lowest BCUT2D eigenvalue weighted by Crippen LogP contribution is -2.46. The summed E-state index contributed by atoms with van der Waals surface area (Å²) >= 11 is 6.03. The molecule has 0 bridgehead atoms. The Kier molecular flexibility index (Phi) is 5.87. The van der Waals surface area contributed by atoms with Crippen LogP contribution < -0.4 is 10.2 Å². The van der Waals surface area contributed by atoms with Crippen LogP contribution in [0.4, 0.5) is 5.82 Å². The highest BCUT2D eigenvalue weighted by Crippen LogP contribution is 2.21. The maximum Gasteiger partial charge on any atom is 0.225 e. The second-order valence-electron chi connectivity index (χ2n) is 6.59. The number of hydrogen-bond acceptors (Lipinski definition) is 4. The number of benzene rings is 1. The van der Waals surface area contributed by atoms with Crippen molar-refractivity contribution >= 4 is 23.3 Å². The predicted octanol–water partition coefficient (Wildman–Crippen LogP) is 3.09. The van der Waals surface area contributed by atoms with Crippen molar-refractivity contribution in [3.8, 4) is 0 Å². The van der Waals surface area contributed by atoms with Crippen molar-refractivity contribution in [2.45, 2.75) is 32.2 Å². The van der Waals surface area contributed by atoms with Crippen LogP contribution >= 0.6 is 11.6 Å². The van der Waals surface area contributed by atoms with E-state index in [0.29, 0.717) is 6.54 Å². The molecule has 0 saturated carbocycles. The number of halogens is 1. The fourth-order valence-corrected chi connectivity index (χ4v) is 3.50. The van der Waals surface area contributed by atoms with Crippen molar-refractivity contribution in [2.24, 2.45) is 5.92 Å². The smallest absolute Gasteiger partial charge is 0.225 e. The minimum absolute atomic E-state index is 0.0161. The molecule has 0 aliphatic carbocycles. The van der Waals surface area contributed by atoms with E-state index >= 15 is 0 Å². The molecule has 5 nitrogen and oxygen atoms in total. The highest BCUT2D eigenvalue weighted by atomic mass is 35.5. The molecule has 0 radical (unpaired) electrons. The summed E-state index contributed by atoms with van der Waals surface area (Å²) in [5.41, 5.74) is 1.13. The lowest BCUT2D eigenvalue weighted by atomic mass is 9.96. The lowest BCUT2D eigenvalue weighted by Gasteiger charge is -2.33. The standard InChI is InChI=1S/C19H23ClN4O/c1-14(10-15-4-2-6-17(20)11-15)23-19(25)16-5-3-9-24(13-16)18-12-21-7-8-22-18/h2,4,6-8,11-12,14,16H,3,5,9-10,13H2,1H3,(H,23,25)/t14-,16+/m1/s1. The van der Waals surface area contributed by atoms with E-state index in [1.807, 2.05) is 31.2 Å². The van der Waals surface area contributed by atoms with Crippen LogP contribution in [0.1, 0.15) is 25.3 Å².